The second-order valence-corrected chi connectivity index (χ2v) is 4.55. The molecule has 0 spiro atoms. The second-order valence-electron chi connectivity index (χ2n) is 4.55. The molecule has 0 saturated heterocycles. The molecule has 1 aromatic heterocycles. The van der Waals surface area contributed by atoms with E-state index >= 15 is 0 Å². The molecule has 0 radical (unpaired) electrons. The van der Waals surface area contributed by atoms with Crippen LogP contribution in [0.2, 0.25) is 0 Å². The van der Waals surface area contributed by atoms with Gasteiger partial charge in [0, 0.05) is 6.20 Å². The van der Waals surface area contributed by atoms with Crippen molar-refractivity contribution in [3.63, 3.8) is 0 Å². The van der Waals surface area contributed by atoms with Crippen LogP contribution in [0.4, 0.5) is 0 Å². The minimum atomic E-state index is 0. The van der Waals surface area contributed by atoms with Gasteiger partial charge in [0.2, 0.25) is 0 Å². The molecular weight excluding hydrogens is 298 g/mol. The summed E-state index contributed by atoms with van der Waals surface area (Å²) in [5.74, 6) is 0. The summed E-state index contributed by atoms with van der Waals surface area (Å²) in [6.07, 6.45) is 1.82. The summed E-state index contributed by atoms with van der Waals surface area (Å²) in [6.45, 7) is 0. The third kappa shape index (κ3) is 3.91. The van der Waals surface area contributed by atoms with E-state index in [1.807, 2.05) is 42.6 Å². The molecule has 4 aromatic rings. The molecule has 0 fully saturated rings. The SMILES string of the molecule is [Fe+2].c1c[cH-]c(-c2ccc3ncccc3c2)c1.c1cc[cH-]c1. The van der Waals surface area contributed by atoms with Gasteiger partial charge in [0.1, 0.15) is 0 Å². The Bertz CT molecular complexity index is 738. The van der Waals surface area contributed by atoms with E-state index < -0.39 is 0 Å². The molecule has 0 bridgehead atoms. The van der Waals surface area contributed by atoms with Gasteiger partial charge in [-0.2, -0.15) is 42.0 Å². The summed E-state index contributed by atoms with van der Waals surface area (Å²) in [5, 5.41) is 1.19. The molecule has 0 aliphatic rings. The van der Waals surface area contributed by atoms with E-state index in [0.717, 1.165) is 5.52 Å². The van der Waals surface area contributed by atoms with Crippen molar-refractivity contribution in [2.75, 3.05) is 0 Å². The molecule has 104 valence electrons. The van der Waals surface area contributed by atoms with Crippen LogP contribution >= 0.6 is 0 Å². The van der Waals surface area contributed by atoms with Crippen molar-refractivity contribution >= 4 is 10.9 Å². The molecule has 0 aliphatic heterocycles. The van der Waals surface area contributed by atoms with Gasteiger partial charge in [-0.05, 0) is 17.5 Å². The van der Waals surface area contributed by atoms with Crippen LogP contribution in [-0.4, -0.2) is 4.98 Å². The van der Waals surface area contributed by atoms with Crippen LogP contribution < -0.4 is 0 Å². The number of hydrogen-bond donors (Lipinski definition) is 0. The van der Waals surface area contributed by atoms with E-state index in [1.165, 1.54) is 16.5 Å². The molecule has 0 saturated carbocycles. The first-order chi connectivity index (χ1) is 9.93. The third-order valence-corrected chi connectivity index (χ3v) is 3.15. The Kier molecular flexibility index (Phi) is 5.50. The second kappa shape index (κ2) is 7.58. The van der Waals surface area contributed by atoms with Crippen LogP contribution in [0.3, 0.4) is 0 Å². The van der Waals surface area contributed by atoms with E-state index in [-0.39, 0.29) is 17.1 Å². The number of benzene rings is 1. The minimum Gasteiger partial charge on any atom is -0.256 e. The van der Waals surface area contributed by atoms with E-state index in [4.69, 9.17) is 0 Å². The van der Waals surface area contributed by atoms with Crippen LogP contribution in [0.1, 0.15) is 0 Å². The first-order valence-electron chi connectivity index (χ1n) is 6.67. The van der Waals surface area contributed by atoms with Crippen LogP contribution in [-0.2, 0) is 17.1 Å². The number of rotatable bonds is 1. The summed E-state index contributed by atoms with van der Waals surface area (Å²) < 4.78 is 0. The van der Waals surface area contributed by atoms with Gasteiger partial charge in [-0.3, -0.25) is 4.98 Å². The van der Waals surface area contributed by atoms with Crippen molar-refractivity contribution in [1.82, 2.24) is 4.98 Å². The maximum absolute atomic E-state index is 4.30. The molecule has 21 heavy (non-hydrogen) atoms. The van der Waals surface area contributed by atoms with Gasteiger partial charge >= 0.3 is 17.1 Å². The summed E-state index contributed by atoms with van der Waals surface area (Å²) in [6, 6.07) is 28.8. The Hall–Kier alpha value is -2.15. The number of nitrogens with zero attached hydrogens (tertiary/aromatic N) is 1. The summed E-state index contributed by atoms with van der Waals surface area (Å²) in [5.41, 5.74) is 3.56. The van der Waals surface area contributed by atoms with Gasteiger partial charge < -0.3 is 0 Å². The average molecular weight is 313 g/mol. The van der Waals surface area contributed by atoms with Crippen molar-refractivity contribution < 1.29 is 17.1 Å². The van der Waals surface area contributed by atoms with Crippen molar-refractivity contribution in [2.24, 2.45) is 0 Å². The predicted octanol–water partition coefficient (Wildman–Crippen LogP) is 5.02. The molecule has 0 unspecified atom stereocenters. The molecular formula is C19H15FeN. The zero-order valence-corrected chi connectivity index (χ0v) is 12.6. The van der Waals surface area contributed by atoms with E-state index in [9.17, 15) is 0 Å². The van der Waals surface area contributed by atoms with Gasteiger partial charge in [0.15, 0.2) is 0 Å². The first-order valence-corrected chi connectivity index (χ1v) is 6.67. The first kappa shape index (κ1) is 15.2. The maximum atomic E-state index is 4.30. The van der Waals surface area contributed by atoms with Gasteiger partial charge in [-0.1, -0.05) is 23.8 Å². The average Bonchev–Trinajstić information content (AvgIpc) is 3.22. The zero-order valence-electron chi connectivity index (χ0n) is 11.5. The summed E-state index contributed by atoms with van der Waals surface area (Å²) in [7, 11) is 0. The monoisotopic (exact) mass is 313 g/mol. The van der Waals surface area contributed by atoms with Crippen molar-refractivity contribution in [1.29, 1.82) is 0 Å². The Balaban J connectivity index is 0.000000231. The molecule has 0 aliphatic carbocycles. The molecule has 2 heteroatoms. The standard InChI is InChI=1S/C14H10N.C5H5.Fe/c1-2-5-11(4-1)12-7-8-14-13(10-12)6-3-9-15-14;1-2-4-5-3-1;/h1-10H;1-5H;/q2*-1;+2. The molecule has 1 nitrogen and oxygen atoms in total. The Labute approximate surface area is 135 Å². The number of aromatic nitrogens is 1. The van der Waals surface area contributed by atoms with Gasteiger partial charge in [0.25, 0.3) is 0 Å². The van der Waals surface area contributed by atoms with Crippen molar-refractivity contribution in [2.45, 2.75) is 0 Å². The Morgan fingerprint density at radius 3 is 2.33 bits per heavy atom. The van der Waals surface area contributed by atoms with Crippen molar-refractivity contribution in [3.05, 3.63) is 91.1 Å². The topological polar surface area (TPSA) is 12.9 Å². The molecule has 0 amide bonds. The van der Waals surface area contributed by atoms with Crippen LogP contribution in [0.5, 0.6) is 0 Å². The fourth-order valence-corrected chi connectivity index (χ4v) is 2.14. The van der Waals surface area contributed by atoms with E-state index in [1.54, 1.807) is 0 Å². The maximum Gasteiger partial charge on any atom is 2.00 e. The fourth-order valence-electron chi connectivity index (χ4n) is 2.14. The van der Waals surface area contributed by atoms with Crippen LogP contribution in [0, 0.1) is 0 Å². The molecule has 0 N–H and O–H groups in total. The molecule has 0 atom stereocenters. The Morgan fingerprint density at radius 1 is 0.810 bits per heavy atom. The number of fused-ring (bicyclic) bond motifs is 1. The number of pyridine rings is 1. The summed E-state index contributed by atoms with van der Waals surface area (Å²) >= 11 is 0. The number of hydrogen-bond acceptors (Lipinski definition) is 1. The largest absolute Gasteiger partial charge is 2.00 e. The molecule has 1 heterocycles. The zero-order chi connectivity index (χ0) is 13.6. The fraction of sp³-hybridized carbons (Fsp3) is 0. The molecule has 4 rings (SSSR count). The Morgan fingerprint density at radius 2 is 1.67 bits per heavy atom. The van der Waals surface area contributed by atoms with Crippen LogP contribution in [0.15, 0.2) is 91.1 Å². The van der Waals surface area contributed by atoms with Gasteiger partial charge in [-0.15, -0.1) is 6.07 Å². The van der Waals surface area contributed by atoms with Crippen molar-refractivity contribution in [3.8, 4) is 11.1 Å². The van der Waals surface area contributed by atoms with Gasteiger partial charge in [0.05, 0.1) is 5.52 Å². The third-order valence-electron chi connectivity index (χ3n) is 3.15. The van der Waals surface area contributed by atoms with Gasteiger partial charge in [-0.25, -0.2) is 12.1 Å². The predicted molar refractivity (Wildman–Crippen MR) is 84.8 cm³/mol. The van der Waals surface area contributed by atoms with Crippen LogP contribution in [0.25, 0.3) is 22.0 Å². The van der Waals surface area contributed by atoms with E-state index in [0.29, 0.717) is 0 Å². The normalized spacial score (nSPS) is 9.52. The molecule has 3 aromatic carbocycles. The quantitative estimate of drug-likeness (QED) is 0.355. The van der Waals surface area contributed by atoms with E-state index in [2.05, 4.69) is 53.5 Å². The summed E-state index contributed by atoms with van der Waals surface area (Å²) in [4.78, 5) is 4.30. The smallest absolute Gasteiger partial charge is 0.256 e. The minimum absolute atomic E-state index is 0.